The molecular weight excluding hydrogens is 499 g/mol. The molecule has 1 N–H and O–H groups in total. The number of nitrogens with one attached hydrogen (secondary N) is 1. The van der Waals surface area contributed by atoms with E-state index in [0.29, 0.717) is 16.8 Å². The van der Waals surface area contributed by atoms with Crippen LogP contribution in [0.4, 0.5) is 15.8 Å². The Bertz CT molecular complexity index is 1220. The molecule has 0 atom stereocenters. The average molecular weight is 521 g/mol. The minimum Gasteiger partial charge on any atom is -0.492 e. The molecule has 9 heteroatoms. The number of sulfonamides is 1. The van der Waals surface area contributed by atoms with Gasteiger partial charge in [-0.1, -0.05) is 45.8 Å². The fourth-order valence-electron chi connectivity index (χ4n) is 2.99. The summed E-state index contributed by atoms with van der Waals surface area (Å²) < 4.78 is 48.3. The number of halogens is 2. The Kier molecular flexibility index (Phi) is 7.52. The number of ether oxygens (including phenoxy) is 1. The first-order chi connectivity index (χ1) is 15.2. The average Bonchev–Trinajstić information content (AvgIpc) is 2.75. The summed E-state index contributed by atoms with van der Waals surface area (Å²) in [5, 5.41) is 2.44. The summed E-state index contributed by atoms with van der Waals surface area (Å²) >= 11 is 3.16. The maximum Gasteiger partial charge on any atom is 0.264 e. The summed E-state index contributed by atoms with van der Waals surface area (Å²) in [6.07, 6.45) is 0. The highest BCUT2D eigenvalue weighted by atomic mass is 79.9. The van der Waals surface area contributed by atoms with Gasteiger partial charge in [0.2, 0.25) is 5.91 Å². The molecule has 0 unspecified atom stereocenters. The van der Waals surface area contributed by atoms with Crippen molar-refractivity contribution in [1.29, 1.82) is 0 Å². The fourth-order valence-corrected chi connectivity index (χ4v) is 4.75. The van der Waals surface area contributed by atoms with Crippen LogP contribution in [0.1, 0.15) is 12.5 Å². The van der Waals surface area contributed by atoms with Gasteiger partial charge < -0.3 is 10.1 Å². The predicted octanol–water partition coefficient (Wildman–Crippen LogP) is 5.13. The van der Waals surface area contributed by atoms with Crippen molar-refractivity contribution in [3.63, 3.8) is 0 Å². The highest BCUT2D eigenvalue weighted by Gasteiger charge is 2.29. The lowest BCUT2D eigenvalue weighted by atomic mass is 10.2. The van der Waals surface area contributed by atoms with E-state index in [2.05, 4.69) is 21.2 Å². The van der Waals surface area contributed by atoms with Crippen molar-refractivity contribution in [3.05, 3.63) is 82.6 Å². The van der Waals surface area contributed by atoms with Gasteiger partial charge in [0.15, 0.2) is 0 Å². The normalized spacial score (nSPS) is 11.1. The molecule has 0 bridgehead atoms. The molecule has 0 saturated carbocycles. The summed E-state index contributed by atoms with van der Waals surface area (Å²) in [5.41, 5.74) is 1.05. The molecule has 1 amide bonds. The van der Waals surface area contributed by atoms with E-state index >= 15 is 0 Å². The zero-order chi connectivity index (χ0) is 23.3. The number of carbonyl (C=O) groups is 1. The van der Waals surface area contributed by atoms with Crippen LogP contribution in [-0.4, -0.2) is 27.5 Å². The van der Waals surface area contributed by atoms with Crippen molar-refractivity contribution in [2.45, 2.75) is 18.7 Å². The summed E-state index contributed by atoms with van der Waals surface area (Å²) in [7, 11) is -4.12. The number of benzene rings is 3. The highest BCUT2D eigenvalue weighted by Crippen LogP contribution is 2.32. The Balaban J connectivity index is 2.01. The molecule has 0 aliphatic carbocycles. The minimum absolute atomic E-state index is 0.0250. The first-order valence-corrected chi connectivity index (χ1v) is 12.0. The van der Waals surface area contributed by atoms with Crippen molar-refractivity contribution in [3.8, 4) is 5.75 Å². The van der Waals surface area contributed by atoms with E-state index in [1.54, 1.807) is 49.4 Å². The van der Waals surface area contributed by atoms with Gasteiger partial charge in [-0.2, -0.15) is 0 Å². The summed E-state index contributed by atoms with van der Waals surface area (Å²) in [5.74, 6) is -1.03. The monoisotopic (exact) mass is 520 g/mol. The van der Waals surface area contributed by atoms with Gasteiger partial charge in [-0.05, 0) is 56.3 Å². The van der Waals surface area contributed by atoms with Crippen LogP contribution in [0.2, 0.25) is 0 Å². The number of amides is 1. The van der Waals surface area contributed by atoms with E-state index in [1.807, 2.05) is 6.92 Å². The van der Waals surface area contributed by atoms with Crippen molar-refractivity contribution in [2.75, 3.05) is 22.8 Å². The third-order valence-electron chi connectivity index (χ3n) is 4.54. The van der Waals surface area contributed by atoms with Gasteiger partial charge in [0.05, 0.1) is 22.9 Å². The number of carbonyl (C=O) groups excluding carboxylic acids is 1. The van der Waals surface area contributed by atoms with Crippen LogP contribution in [0.3, 0.4) is 0 Å². The van der Waals surface area contributed by atoms with Gasteiger partial charge in [-0.25, -0.2) is 12.8 Å². The highest BCUT2D eigenvalue weighted by molar-refractivity contribution is 9.10. The van der Waals surface area contributed by atoms with E-state index in [9.17, 15) is 17.6 Å². The van der Waals surface area contributed by atoms with Crippen LogP contribution in [0.15, 0.2) is 76.1 Å². The van der Waals surface area contributed by atoms with Crippen LogP contribution in [0, 0.1) is 12.7 Å². The second-order valence-electron chi connectivity index (χ2n) is 6.90. The third kappa shape index (κ3) is 5.46. The Morgan fingerprint density at radius 2 is 1.78 bits per heavy atom. The van der Waals surface area contributed by atoms with Gasteiger partial charge in [0.25, 0.3) is 10.0 Å². The number of hydrogen-bond donors (Lipinski definition) is 1. The molecule has 0 saturated heterocycles. The first kappa shape index (κ1) is 23.7. The molecule has 0 heterocycles. The van der Waals surface area contributed by atoms with E-state index < -0.39 is 28.3 Å². The molecule has 0 radical (unpaired) electrons. The minimum atomic E-state index is -4.12. The van der Waals surface area contributed by atoms with Crippen molar-refractivity contribution in [2.24, 2.45) is 0 Å². The SMILES string of the molecule is CCOc1ccccc1N(CC(=O)Nc1ccc(Br)cc1F)S(=O)(=O)c1ccc(C)cc1. The topological polar surface area (TPSA) is 75.7 Å². The molecule has 3 aromatic rings. The van der Waals surface area contributed by atoms with Crippen LogP contribution in [-0.2, 0) is 14.8 Å². The zero-order valence-electron chi connectivity index (χ0n) is 17.5. The maximum absolute atomic E-state index is 14.2. The Labute approximate surface area is 195 Å². The van der Waals surface area contributed by atoms with E-state index in [-0.39, 0.29) is 16.3 Å². The predicted molar refractivity (Wildman–Crippen MR) is 126 cm³/mol. The van der Waals surface area contributed by atoms with Crippen LogP contribution in [0.5, 0.6) is 5.75 Å². The van der Waals surface area contributed by atoms with Crippen molar-refractivity contribution >= 4 is 43.2 Å². The Morgan fingerprint density at radius 1 is 1.09 bits per heavy atom. The second kappa shape index (κ2) is 10.1. The van der Waals surface area contributed by atoms with Crippen LogP contribution < -0.4 is 14.4 Å². The molecule has 6 nitrogen and oxygen atoms in total. The Morgan fingerprint density at radius 3 is 2.44 bits per heavy atom. The lowest BCUT2D eigenvalue weighted by molar-refractivity contribution is -0.114. The second-order valence-corrected chi connectivity index (χ2v) is 9.68. The molecular formula is C23H22BrFN2O4S. The standard InChI is InChI=1S/C23H22BrFN2O4S/c1-3-31-22-7-5-4-6-21(22)27(32(29,30)18-11-8-16(2)9-12-18)15-23(28)26-20-13-10-17(24)14-19(20)25/h4-14H,3,15H2,1-2H3,(H,26,28). The molecule has 0 aliphatic rings. The van der Waals surface area contributed by atoms with Crippen LogP contribution in [0.25, 0.3) is 0 Å². The molecule has 0 spiro atoms. The van der Waals surface area contributed by atoms with Crippen molar-refractivity contribution in [1.82, 2.24) is 0 Å². The van der Waals surface area contributed by atoms with E-state index in [4.69, 9.17) is 4.74 Å². The number of hydrogen-bond acceptors (Lipinski definition) is 4. The van der Waals surface area contributed by atoms with E-state index in [0.717, 1.165) is 9.87 Å². The van der Waals surface area contributed by atoms with Gasteiger partial charge in [0.1, 0.15) is 18.1 Å². The fraction of sp³-hybridized carbons (Fsp3) is 0.174. The first-order valence-electron chi connectivity index (χ1n) is 9.78. The quantitative estimate of drug-likeness (QED) is 0.446. The van der Waals surface area contributed by atoms with Gasteiger partial charge in [0, 0.05) is 4.47 Å². The number of rotatable bonds is 8. The zero-order valence-corrected chi connectivity index (χ0v) is 19.9. The van der Waals surface area contributed by atoms with E-state index in [1.165, 1.54) is 24.3 Å². The third-order valence-corrected chi connectivity index (χ3v) is 6.80. The number of para-hydroxylation sites is 2. The van der Waals surface area contributed by atoms with Crippen LogP contribution >= 0.6 is 15.9 Å². The van der Waals surface area contributed by atoms with Gasteiger partial charge in [-0.15, -0.1) is 0 Å². The smallest absolute Gasteiger partial charge is 0.264 e. The molecule has 3 rings (SSSR count). The molecule has 0 aliphatic heterocycles. The number of nitrogens with zero attached hydrogens (tertiary/aromatic N) is 1. The molecule has 168 valence electrons. The molecule has 32 heavy (non-hydrogen) atoms. The Hall–Kier alpha value is -2.91. The molecule has 3 aromatic carbocycles. The van der Waals surface area contributed by atoms with Gasteiger partial charge in [-0.3, -0.25) is 9.10 Å². The van der Waals surface area contributed by atoms with Crippen molar-refractivity contribution < 1.29 is 22.3 Å². The lowest BCUT2D eigenvalue weighted by Crippen LogP contribution is -2.38. The summed E-state index contributed by atoms with van der Waals surface area (Å²) in [4.78, 5) is 12.8. The molecule has 0 aromatic heterocycles. The summed E-state index contributed by atoms with van der Waals surface area (Å²) in [6.45, 7) is 3.36. The lowest BCUT2D eigenvalue weighted by Gasteiger charge is -2.26. The summed E-state index contributed by atoms with van der Waals surface area (Å²) in [6, 6.07) is 17.0. The maximum atomic E-state index is 14.2. The number of anilines is 2. The number of aryl methyl sites for hydroxylation is 1. The largest absolute Gasteiger partial charge is 0.492 e. The van der Waals surface area contributed by atoms with Gasteiger partial charge >= 0.3 is 0 Å². The molecule has 0 fully saturated rings.